The SMILES string of the molecule is O=C(CN1C(=O)/C(=C/c2ccc(Cl)cc2)SC1=S)NCCN1CCOCC1. The Hall–Kier alpha value is -1.45. The summed E-state index contributed by atoms with van der Waals surface area (Å²) in [6.45, 7) is 4.44. The second-order valence-corrected chi connectivity index (χ2v) is 8.24. The number of carbonyl (C=O) groups is 2. The zero-order valence-corrected chi connectivity index (χ0v) is 17.0. The summed E-state index contributed by atoms with van der Waals surface area (Å²) in [5.74, 6) is -0.462. The van der Waals surface area contributed by atoms with Gasteiger partial charge < -0.3 is 10.1 Å². The van der Waals surface area contributed by atoms with Gasteiger partial charge in [-0.25, -0.2) is 0 Å². The number of hydrogen-bond acceptors (Lipinski definition) is 6. The number of nitrogens with one attached hydrogen (secondary N) is 1. The molecule has 0 radical (unpaired) electrons. The van der Waals surface area contributed by atoms with Crippen LogP contribution < -0.4 is 5.32 Å². The van der Waals surface area contributed by atoms with Gasteiger partial charge in [-0.15, -0.1) is 0 Å². The Morgan fingerprint density at radius 2 is 2.00 bits per heavy atom. The molecule has 2 aliphatic heterocycles. The number of amides is 2. The number of benzene rings is 1. The first-order valence-corrected chi connectivity index (χ1v) is 10.2. The molecule has 0 bridgehead atoms. The first-order valence-electron chi connectivity index (χ1n) is 8.60. The van der Waals surface area contributed by atoms with Gasteiger partial charge >= 0.3 is 0 Å². The van der Waals surface area contributed by atoms with Crippen molar-refractivity contribution in [2.75, 3.05) is 45.9 Å². The molecule has 1 aromatic rings. The van der Waals surface area contributed by atoms with Gasteiger partial charge in [-0.1, -0.05) is 47.7 Å². The molecule has 3 rings (SSSR count). The fourth-order valence-electron chi connectivity index (χ4n) is 2.72. The fourth-order valence-corrected chi connectivity index (χ4v) is 4.11. The predicted molar refractivity (Wildman–Crippen MR) is 112 cm³/mol. The molecule has 0 unspecified atom stereocenters. The lowest BCUT2D eigenvalue weighted by molar-refractivity contribution is -0.128. The molecule has 0 aromatic heterocycles. The number of hydrogen-bond donors (Lipinski definition) is 1. The van der Waals surface area contributed by atoms with Gasteiger partial charge in [0.25, 0.3) is 5.91 Å². The van der Waals surface area contributed by atoms with Gasteiger partial charge in [-0.3, -0.25) is 19.4 Å². The van der Waals surface area contributed by atoms with Crippen molar-refractivity contribution < 1.29 is 14.3 Å². The van der Waals surface area contributed by atoms with Crippen LogP contribution in [0.15, 0.2) is 29.2 Å². The van der Waals surface area contributed by atoms with Crippen molar-refractivity contribution in [1.29, 1.82) is 0 Å². The van der Waals surface area contributed by atoms with E-state index in [-0.39, 0.29) is 18.4 Å². The molecule has 9 heteroatoms. The summed E-state index contributed by atoms with van der Waals surface area (Å²) >= 11 is 12.3. The number of thiocarbonyl (C=S) groups is 1. The van der Waals surface area contributed by atoms with Crippen LogP contribution in [0.5, 0.6) is 0 Å². The molecule has 2 heterocycles. The molecule has 2 aliphatic rings. The van der Waals surface area contributed by atoms with E-state index in [4.69, 9.17) is 28.6 Å². The van der Waals surface area contributed by atoms with Gasteiger partial charge in [-0.2, -0.15) is 0 Å². The van der Waals surface area contributed by atoms with Crippen molar-refractivity contribution in [2.24, 2.45) is 0 Å². The lowest BCUT2D eigenvalue weighted by atomic mass is 10.2. The van der Waals surface area contributed by atoms with Gasteiger partial charge in [0, 0.05) is 31.2 Å². The molecule has 1 N–H and O–H groups in total. The maximum Gasteiger partial charge on any atom is 0.266 e. The van der Waals surface area contributed by atoms with Crippen LogP contribution in [0, 0.1) is 0 Å². The van der Waals surface area contributed by atoms with Crippen LogP contribution in [0.4, 0.5) is 0 Å². The largest absolute Gasteiger partial charge is 0.379 e. The smallest absolute Gasteiger partial charge is 0.266 e. The topological polar surface area (TPSA) is 61.9 Å². The van der Waals surface area contributed by atoms with E-state index in [1.165, 1.54) is 16.7 Å². The maximum absolute atomic E-state index is 12.6. The highest BCUT2D eigenvalue weighted by molar-refractivity contribution is 8.26. The van der Waals surface area contributed by atoms with Crippen LogP contribution in [-0.4, -0.2) is 71.9 Å². The monoisotopic (exact) mass is 425 g/mol. The second kappa shape index (κ2) is 9.66. The highest BCUT2D eigenvalue weighted by atomic mass is 35.5. The average Bonchev–Trinajstić information content (AvgIpc) is 2.92. The van der Waals surface area contributed by atoms with Crippen molar-refractivity contribution in [3.05, 3.63) is 39.8 Å². The Kier molecular flexibility index (Phi) is 7.26. The molecule has 6 nitrogen and oxygen atoms in total. The van der Waals surface area contributed by atoms with Crippen LogP contribution in [0.2, 0.25) is 5.02 Å². The summed E-state index contributed by atoms with van der Waals surface area (Å²) < 4.78 is 5.69. The van der Waals surface area contributed by atoms with Crippen LogP contribution in [0.25, 0.3) is 6.08 Å². The van der Waals surface area contributed by atoms with Gasteiger partial charge in [0.15, 0.2) is 0 Å². The molecule has 144 valence electrons. The van der Waals surface area contributed by atoms with E-state index in [1.54, 1.807) is 18.2 Å². The summed E-state index contributed by atoms with van der Waals surface area (Å²) in [5, 5.41) is 3.48. The van der Waals surface area contributed by atoms with Crippen LogP contribution in [0.1, 0.15) is 5.56 Å². The number of ether oxygens (including phenoxy) is 1. The lowest BCUT2D eigenvalue weighted by Gasteiger charge is -2.26. The Bertz CT molecular complexity index is 749. The van der Waals surface area contributed by atoms with Crippen molar-refractivity contribution in [3.63, 3.8) is 0 Å². The van der Waals surface area contributed by atoms with E-state index in [0.717, 1.165) is 38.4 Å². The molecular formula is C18H20ClN3O3S2. The summed E-state index contributed by atoms with van der Waals surface area (Å²) in [6.07, 6.45) is 1.76. The highest BCUT2D eigenvalue weighted by Crippen LogP contribution is 2.32. The normalized spacial score (nSPS) is 19.7. The number of rotatable bonds is 6. The third-order valence-electron chi connectivity index (χ3n) is 4.20. The molecule has 27 heavy (non-hydrogen) atoms. The van der Waals surface area contributed by atoms with E-state index in [1.807, 2.05) is 12.1 Å². The molecule has 0 aliphatic carbocycles. The van der Waals surface area contributed by atoms with Crippen LogP contribution in [-0.2, 0) is 14.3 Å². The number of nitrogens with zero attached hydrogens (tertiary/aromatic N) is 2. The Morgan fingerprint density at radius 1 is 1.30 bits per heavy atom. The number of halogens is 1. The molecule has 2 fully saturated rings. The molecule has 0 spiro atoms. The van der Waals surface area contributed by atoms with Gasteiger partial charge in [0.05, 0.1) is 18.1 Å². The van der Waals surface area contributed by atoms with Gasteiger partial charge in [0.2, 0.25) is 5.91 Å². The van der Waals surface area contributed by atoms with E-state index in [0.29, 0.717) is 20.8 Å². The number of carbonyl (C=O) groups excluding carboxylic acids is 2. The average molecular weight is 426 g/mol. The summed E-state index contributed by atoms with van der Waals surface area (Å²) in [5.41, 5.74) is 0.856. The molecule has 1 aromatic carbocycles. The minimum Gasteiger partial charge on any atom is -0.379 e. The van der Waals surface area contributed by atoms with Crippen molar-refractivity contribution >= 4 is 57.8 Å². The van der Waals surface area contributed by atoms with Crippen LogP contribution in [0.3, 0.4) is 0 Å². The minimum absolute atomic E-state index is 0.0638. The number of thioether (sulfide) groups is 1. The number of morpholine rings is 1. The summed E-state index contributed by atoms with van der Waals surface area (Å²) in [6, 6.07) is 7.17. The van der Waals surface area contributed by atoms with Crippen LogP contribution >= 0.6 is 35.6 Å². The van der Waals surface area contributed by atoms with E-state index < -0.39 is 0 Å². The summed E-state index contributed by atoms with van der Waals surface area (Å²) in [7, 11) is 0. The minimum atomic E-state index is -0.247. The zero-order valence-electron chi connectivity index (χ0n) is 14.7. The van der Waals surface area contributed by atoms with Gasteiger partial charge in [0.1, 0.15) is 10.9 Å². The quantitative estimate of drug-likeness (QED) is 0.555. The highest BCUT2D eigenvalue weighted by Gasteiger charge is 2.33. The van der Waals surface area contributed by atoms with Crippen molar-refractivity contribution in [2.45, 2.75) is 0 Å². The fraction of sp³-hybridized carbons (Fsp3) is 0.389. The van der Waals surface area contributed by atoms with E-state index in [2.05, 4.69) is 10.2 Å². The Morgan fingerprint density at radius 3 is 2.70 bits per heavy atom. The third kappa shape index (κ3) is 5.76. The molecule has 0 atom stereocenters. The first-order chi connectivity index (χ1) is 13.0. The Balaban J connectivity index is 1.50. The molecular weight excluding hydrogens is 406 g/mol. The zero-order chi connectivity index (χ0) is 19.2. The van der Waals surface area contributed by atoms with Crippen molar-refractivity contribution in [3.8, 4) is 0 Å². The summed E-state index contributed by atoms with van der Waals surface area (Å²) in [4.78, 5) is 28.8. The molecule has 0 saturated carbocycles. The molecule has 2 saturated heterocycles. The maximum atomic E-state index is 12.6. The second-order valence-electron chi connectivity index (χ2n) is 6.12. The van der Waals surface area contributed by atoms with Crippen molar-refractivity contribution in [1.82, 2.24) is 15.1 Å². The lowest BCUT2D eigenvalue weighted by Crippen LogP contribution is -2.44. The van der Waals surface area contributed by atoms with E-state index >= 15 is 0 Å². The van der Waals surface area contributed by atoms with E-state index in [9.17, 15) is 9.59 Å². The first kappa shape index (κ1) is 20.3. The predicted octanol–water partition coefficient (Wildman–Crippen LogP) is 1.99. The Labute approximate surface area is 172 Å². The van der Waals surface area contributed by atoms with Gasteiger partial charge in [-0.05, 0) is 23.8 Å². The standard InChI is InChI=1S/C18H20ClN3O3S2/c19-14-3-1-13(2-4-14)11-15-17(24)22(18(26)27-15)12-16(23)20-5-6-21-7-9-25-10-8-21/h1-4,11H,5-10,12H2,(H,20,23)/b15-11-. The molecule has 2 amide bonds. The third-order valence-corrected chi connectivity index (χ3v) is 5.83.